The van der Waals surface area contributed by atoms with Crippen molar-refractivity contribution >= 4 is 5.97 Å². The average molecular weight is 215 g/mol. The van der Waals surface area contributed by atoms with E-state index in [1.807, 2.05) is 0 Å². The van der Waals surface area contributed by atoms with Crippen LogP contribution in [-0.2, 0) is 4.79 Å². The Morgan fingerprint density at radius 2 is 1.53 bits per heavy atom. The number of rotatable bonds is 11. The summed E-state index contributed by atoms with van der Waals surface area (Å²) < 4.78 is 7.70. The highest BCUT2D eigenvalue weighted by Crippen LogP contribution is 2.10. The molecule has 0 saturated carbocycles. The quantitative estimate of drug-likeness (QED) is 0.519. The highest BCUT2D eigenvalue weighted by atomic mass is 16.4. The normalized spacial score (nSPS) is 13.5. The smallest absolute Gasteiger partial charge is 0.303 e. The molecule has 0 radical (unpaired) electrons. The molecule has 0 rings (SSSR count). The van der Waals surface area contributed by atoms with Gasteiger partial charge in [0.1, 0.15) is 0 Å². The third-order valence-electron chi connectivity index (χ3n) is 2.54. The molecule has 0 bridgehead atoms. The summed E-state index contributed by atoms with van der Waals surface area (Å²) >= 11 is 0. The minimum atomic E-state index is -0.684. The molecular formula is C13H26O2. The van der Waals surface area contributed by atoms with E-state index in [0.717, 1.165) is 44.9 Å². The Hall–Kier alpha value is -0.530. The molecule has 0 heterocycles. The largest absolute Gasteiger partial charge is 0.481 e. The van der Waals surface area contributed by atoms with E-state index in [2.05, 4.69) is 6.92 Å². The maximum absolute atomic E-state index is 10.3. The molecule has 0 amide bonds. The Labute approximate surface area is 95.5 Å². The van der Waals surface area contributed by atoms with Gasteiger partial charge in [0.25, 0.3) is 0 Å². The van der Waals surface area contributed by atoms with Crippen LogP contribution in [0.25, 0.3) is 0 Å². The van der Waals surface area contributed by atoms with Crippen molar-refractivity contribution in [2.45, 2.75) is 77.5 Å². The Morgan fingerprint density at radius 1 is 1.00 bits per heavy atom. The SMILES string of the molecule is [2H][C@H](CCC)CCCCCCCCC(=O)O. The number of hydrogen-bond donors (Lipinski definition) is 1. The summed E-state index contributed by atoms with van der Waals surface area (Å²) in [7, 11) is 0. The molecule has 0 aliphatic rings. The topological polar surface area (TPSA) is 37.3 Å². The lowest BCUT2D eigenvalue weighted by molar-refractivity contribution is -0.137. The first-order valence-electron chi connectivity index (χ1n) is 6.88. The van der Waals surface area contributed by atoms with E-state index in [9.17, 15) is 4.79 Å². The maximum atomic E-state index is 10.3. The molecule has 0 aliphatic heterocycles. The third-order valence-corrected chi connectivity index (χ3v) is 2.54. The monoisotopic (exact) mass is 215 g/mol. The first-order valence-corrected chi connectivity index (χ1v) is 6.30. The van der Waals surface area contributed by atoms with Crippen LogP contribution in [0.4, 0.5) is 0 Å². The molecule has 2 nitrogen and oxygen atoms in total. The molecular weight excluding hydrogens is 188 g/mol. The highest BCUT2D eigenvalue weighted by Gasteiger charge is 1.96. The van der Waals surface area contributed by atoms with Gasteiger partial charge in [0.2, 0.25) is 0 Å². The number of carbonyl (C=O) groups is 1. The van der Waals surface area contributed by atoms with Crippen molar-refractivity contribution in [1.29, 1.82) is 0 Å². The van der Waals surface area contributed by atoms with Gasteiger partial charge in [-0.3, -0.25) is 4.79 Å². The molecule has 0 aromatic rings. The molecule has 0 aliphatic carbocycles. The van der Waals surface area contributed by atoms with Crippen LogP contribution in [0.5, 0.6) is 0 Å². The summed E-state index contributed by atoms with van der Waals surface area (Å²) in [5.74, 6) is -0.684. The lowest BCUT2D eigenvalue weighted by atomic mass is 10.1. The number of carboxylic acids is 1. The van der Waals surface area contributed by atoms with Crippen LogP contribution in [-0.4, -0.2) is 11.1 Å². The van der Waals surface area contributed by atoms with Crippen LogP contribution < -0.4 is 0 Å². The van der Waals surface area contributed by atoms with Crippen molar-refractivity contribution in [3.8, 4) is 0 Å². The van der Waals surface area contributed by atoms with Crippen LogP contribution in [0.3, 0.4) is 0 Å². The van der Waals surface area contributed by atoms with E-state index in [4.69, 9.17) is 6.48 Å². The predicted octanol–water partition coefficient (Wildman–Crippen LogP) is 4.38. The van der Waals surface area contributed by atoms with Crippen molar-refractivity contribution in [3.05, 3.63) is 0 Å². The van der Waals surface area contributed by atoms with Crippen LogP contribution in [0, 0.1) is 0 Å². The van der Waals surface area contributed by atoms with Gasteiger partial charge >= 0.3 is 5.97 Å². The standard InChI is InChI=1S/C13H26O2/c1-2-3-4-5-6-7-8-9-10-11-12-13(14)15/h2-12H2,1H3,(H,14,15)/i4D/t4-/m1/s1. The van der Waals surface area contributed by atoms with Crippen LogP contribution in [0.1, 0.15) is 78.9 Å². The summed E-state index contributed by atoms with van der Waals surface area (Å²) in [6.45, 7) is 2.13. The molecule has 15 heavy (non-hydrogen) atoms. The van der Waals surface area contributed by atoms with Gasteiger partial charge in [-0.1, -0.05) is 64.7 Å². The fourth-order valence-corrected chi connectivity index (χ4v) is 1.62. The van der Waals surface area contributed by atoms with Gasteiger partial charge in [-0.05, 0) is 6.42 Å². The summed E-state index contributed by atoms with van der Waals surface area (Å²) in [6.07, 6.45) is 10.2. The Morgan fingerprint density at radius 3 is 2.07 bits per heavy atom. The summed E-state index contributed by atoms with van der Waals surface area (Å²) in [4.78, 5) is 10.3. The van der Waals surface area contributed by atoms with Crippen LogP contribution >= 0.6 is 0 Å². The first kappa shape index (κ1) is 12.5. The molecule has 0 saturated heterocycles. The molecule has 0 aromatic carbocycles. The van der Waals surface area contributed by atoms with Crippen molar-refractivity contribution in [3.63, 3.8) is 0 Å². The number of carboxylic acid groups (broad SMARTS) is 1. The number of aliphatic carboxylic acids is 1. The Kier molecular flexibility index (Phi) is 9.65. The number of hydrogen-bond acceptors (Lipinski definition) is 1. The van der Waals surface area contributed by atoms with Crippen molar-refractivity contribution in [2.24, 2.45) is 0 Å². The second kappa shape index (κ2) is 11.5. The third kappa shape index (κ3) is 13.5. The Balaban J connectivity index is 3.06. The zero-order valence-corrected chi connectivity index (χ0v) is 10.0. The van der Waals surface area contributed by atoms with E-state index in [1.54, 1.807) is 0 Å². The van der Waals surface area contributed by atoms with E-state index in [0.29, 0.717) is 6.42 Å². The van der Waals surface area contributed by atoms with E-state index < -0.39 is 5.97 Å². The van der Waals surface area contributed by atoms with E-state index in [1.165, 1.54) is 12.8 Å². The van der Waals surface area contributed by atoms with Crippen molar-refractivity contribution < 1.29 is 11.3 Å². The summed E-state index contributed by atoms with van der Waals surface area (Å²) in [6, 6.07) is 0. The van der Waals surface area contributed by atoms with Gasteiger partial charge in [-0.15, -0.1) is 0 Å². The van der Waals surface area contributed by atoms with Gasteiger partial charge in [0.15, 0.2) is 0 Å². The lowest BCUT2D eigenvalue weighted by Crippen LogP contribution is -1.93. The zero-order chi connectivity index (χ0) is 12.2. The first-order chi connectivity index (χ1) is 7.66. The molecule has 0 spiro atoms. The molecule has 0 aromatic heterocycles. The van der Waals surface area contributed by atoms with Crippen molar-refractivity contribution in [1.82, 2.24) is 0 Å². The zero-order valence-electron chi connectivity index (χ0n) is 11.0. The lowest BCUT2D eigenvalue weighted by Gasteiger charge is -2.01. The molecule has 1 N–H and O–H groups in total. The number of unbranched alkanes of at least 4 members (excludes halogenated alkanes) is 5. The molecule has 90 valence electrons. The fraction of sp³-hybridized carbons (Fsp3) is 0.923. The van der Waals surface area contributed by atoms with Gasteiger partial charge < -0.3 is 5.11 Å². The molecule has 0 fully saturated rings. The minimum absolute atomic E-state index is 0.136. The van der Waals surface area contributed by atoms with Crippen LogP contribution in [0.2, 0.25) is 0 Å². The van der Waals surface area contributed by atoms with Gasteiger partial charge in [-0.25, -0.2) is 0 Å². The fourth-order valence-electron chi connectivity index (χ4n) is 1.62. The highest BCUT2D eigenvalue weighted by molar-refractivity contribution is 5.66. The molecule has 0 unspecified atom stereocenters. The molecule has 2 heteroatoms. The van der Waals surface area contributed by atoms with E-state index >= 15 is 0 Å². The van der Waals surface area contributed by atoms with Gasteiger partial charge in [0.05, 0.1) is 0 Å². The molecule has 1 atom stereocenters. The second-order valence-electron chi connectivity index (χ2n) is 4.13. The average Bonchev–Trinajstić information content (AvgIpc) is 2.22. The minimum Gasteiger partial charge on any atom is -0.481 e. The summed E-state index contributed by atoms with van der Waals surface area (Å²) in [5, 5.41) is 8.44. The summed E-state index contributed by atoms with van der Waals surface area (Å²) in [5.41, 5.74) is 0. The van der Waals surface area contributed by atoms with Gasteiger partial charge in [0, 0.05) is 7.79 Å². The predicted molar refractivity (Wildman–Crippen MR) is 64.1 cm³/mol. The second-order valence-corrected chi connectivity index (χ2v) is 4.13. The van der Waals surface area contributed by atoms with Gasteiger partial charge in [-0.2, -0.15) is 0 Å². The maximum Gasteiger partial charge on any atom is 0.303 e. The van der Waals surface area contributed by atoms with E-state index in [-0.39, 0.29) is 6.40 Å². The Bertz CT molecular complexity index is 171. The van der Waals surface area contributed by atoms with Crippen LogP contribution in [0.15, 0.2) is 0 Å². The van der Waals surface area contributed by atoms with Crippen molar-refractivity contribution in [2.75, 3.05) is 0 Å².